The fourth-order valence-electron chi connectivity index (χ4n) is 2.79. The van der Waals surface area contributed by atoms with Gasteiger partial charge >= 0.3 is 0 Å². The lowest BCUT2D eigenvalue weighted by Crippen LogP contribution is -2.35. The van der Waals surface area contributed by atoms with Crippen LogP contribution in [0, 0.1) is 12.8 Å². The van der Waals surface area contributed by atoms with Crippen molar-refractivity contribution in [3.63, 3.8) is 0 Å². The number of ether oxygens (including phenoxy) is 1. The highest BCUT2D eigenvalue weighted by Gasteiger charge is 2.19. The van der Waals surface area contributed by atoms with Crippen molar-refractivity contribution in [2.75, 3.05) is 38.7 Å². The molecule has 1 aromatic heterocycles. The number of likely N-dealkylation sites (tertiary alicyclic amines) is 1. The number of piperidine rings is 1. The molecule has 118 valence electrons. The number of anilines is 1. The molecule has 2 rings (SSSR count). The highest BCUT2D eigenvalue weighted by atomic mass is 16.5. The van der Waals surface area contributed by atoms with Crippen molar-refractivity contribution in [2.45, 2.75) is 39.7 Å². The third-order valence-corrected chi connectivity index (χ3v) is 3.93. The van der Waals surface area contributed by atoms with Crippen molar-refractivity contribution in [3.8, 4) is 0 Å². The second kappa shape index (κ2) is 8.29. The summed E-state index contributed by atoms with van der Waals surface area (Å²) in [7, 11) is 1.79. The molecule has 5 nitrogen and oxygen atoms in total. The lowest BCUT2D eigenvalue weighted by Gasteiger charge is -2.31. The van der Waals surface area contributed by atoms with E-state index in [0.29, 0.717) is 5.92 Å². The Balaban J connectivity index is 1.89. The number of nitrogens with one attached hydrogen (secondary N) is 1. The number of hydrogen-bond acceptors (Lipinski definition) is 5. The summed E-state index contributed by atoms with van der Waals surface area (Å²) in [4.78, 5) is 11.7. The number of methoxy groups -OCH3 is 1. The van der Waals surface area contributed by atoms with Crippen LogP contribution in [0.5, 0.6) is 0 Å². The molecule has 5 heteroatoms. The van der Waals surface area contributed by atoms with Gasteiger partial charge in [-0.2, -0.15) is 0 Å². The smallest absolute Gasteiger partial charge is 0.144 e. The van der Waals surface area contributed by atoms with Crippen LogP contribution < -0.4 is 5.32 Å². The van der Waals surface area contributed by atoms with Crippen molar-refractivity contribution in [1.82, 2.24) is 14.9 Å². The largest absolute Gasteiger partial charge is 0.384 e. The molecule has 1 fully saturated rings. The minimum atomic E-state index is 0.714. The Hall–Kier alpha value is -1.20. The van der Waals surface area contributed by atoms with Crippen molar-refractivity contribution in [1.29, 1.82) is 0 Å². The lowest BCUT2D eigenvalue weighted by atomic mass is 9.98. The normalized spacial score (nSPS) is 17.1. The van der Waals surface area contributed by atoms with Gasteiger partial charge < -0.3 is 10.1 Å². The number of aromatic nitrogens is 2. The van der Waals surface area contributed by atoms with Crippen molar-refractivity contribution < 1.29 is 4.74 Å². The van der Waals surface area contributed by atoms with E-state index in [1.807, 2.05) is 13.0 Å². The quantitative estimate of drug-likeness (QED) is 0.836. The molecule has 2 heterocycles. The van der Waals surface area contributed by atoms with Gasteiger partial charge in [-0.3, -0.25) is 4.90 Å². The van der Waals surface area contributed by atoms with Gasteiger partial charge in [0.15, 0.2) is 0 Å². The molecule has 0 bridgehead atoms. The molecular formula is C16H28N4O. The van der Waals surface area contributed by atoms with Gasteiger partial charge in [0, 0.05) is 32.0 Å². The van der Waals surface area contributed by atoms with Crippen LogP contribution in [-0.4, -0.2) is 48.2 Å². The van der Waals surface area contributed by atoms with Gasteiger partial charge in [-0.25, -0.2) is 9.97 Å². The second-order valence-corrected chi connectivity index (χ2v) is 5.91. The molecule has 0 aliphatic carbocycles. The van der Waals surface area contributed by atoms with Crippen LogP contribution in [0.15, 0.2) is 6.07 Å². The Labute approximate surface area is 128 Å². The third-order valence-electron chi connectivity index (χ3n) is 3.93. The van der Waals surface area contributed by atoms with E-state index in [2.05, 4.69) is 27.1 Å². The van der Waals surface area contributed by atoms with Crippen LogP contribution in [0.4, 0.5) is 5.82 Å². The molecule has 0 amide bonds. The van der Waals surface area contributed by atoms with Crippen LogP contribution in [0.1, 0.15) is 37.7 Å². The molecule has 0 atom stereocenters. The van der Waals surface area contributed by atoms with E-state index in [4.69, 9.17) is 4.74 Å². The Bertz CT molecular complexity index is 430. The molecule has 0 spiro atoms. The molecule has 1 aromatic rings. The van der Waals surface area contributed by atoms with Crippen LogP contribution in [0.25, 0.3) is 0 Å². The first kappa shape index (κ1) is 16.2. The van der Waals surface area contributed by atoms with E-state index in [1.165, 1.54) is 12.8 Å². The first-order chi connectivity index (χ1) is 10.2. The highest BCUT2D eigenvalue weighted by Crippen LogP contribution is 2.19. The van der Waals surface area contributed by atoms with E-state index in [-0.39, 0.29) is 0 Å². The maximum atomic E-state index is 5.25. The van der Waals surface area contributed by atoms with E-state index in [9.17, 15) is 0 Å². The number of aryl methyl sites for hydroxylation is 1. The average molecular weight is 292 g/mol. The van der Waals surface area contributed by atoms with Gasteiger partial charge in [-0.1, -0.05) is 6.92 Å². The van der Waals surface area contributed by atoms with E-state index in [1.54, 1.807) is 7.11 Å². The zero-order chi connectivity index (χ0) is 15.1. The predicted molar refractivity (Wildman–Crippen MR) is 85.4 cm³/mol. The van der Waals surface area contributed by atoms with Crippen LogP contribution in [0.2, 0.25) is 0 Å². The monoisotopic (exact) mass is 292 g/mol. The van der Waals surface area contributed by atoms with Gasteiger partial charge in [0.25, 0.3) is 0 Å². The van der Waals surface area contributed by atoms with Crippen molar-refractivity contribution >= 4 is 5.82 Å². The van der Waals surface area contributed by atoms with Gasteiger partial charge in [0.2, 0.25) is 0 Å². The summed E-state index contributed by atoms with van der Waals surface area (Å²) in [6, 6.07) is 2.02. The molecule has 1 saturated heterocycles. The van der Waals surface area contributed by atoms with Gasteiger partial charge in [-0.05, 0) is 45.2 Å². The second-order valence-electron chi connectivity index (χ2n) is 5.91. The Kier molecular flexibility index (Phi) is 6.39. The Morgan fingerprint density at radius 3 is 2.76 bits per heavy atom. The van der Waals surface area contributed by atoms with E-state index in [0.717, 1.165) is 56.5 Å². The number of rotatable bonds is 7. The summed E-state index contributed by atoms with van der Waals surface area (Å²) in [6.07, 6.45) is 3.52. The molecule has 1 aliphatic rings. The first-order valence-corrected chi connectivity index (χ1v) is 8.01. The van der Waals surface area contributed by atoms with Crippen molar-refractivity contribution in [2.24, 2.45) is 5.92 Å². The molecule has 1 N–H and O–H groups in total. The molecular weight excluding hydrogens is 264 g/mol. The number of nitrogens with zero attached hydrogens (tertiary/aromatic N) is 3. The maximum Gasteiger partial charge on any atom is 0.144 e. The highest BCUT2D eigenvalue weighted by molar-refractivity contribution is 5.35. The van der Waals surface area contributed by atoms with E-state index < -0.39 is 0 Å². The molecule has 21 heavy (non-hydrogen) atoms. The Morgan fingerprint density at radius 2 is 2.10 bits per heavy atom. The zero-order valence-electron chi connectivity index (χ0n) is 13.6. The summed E-state index contributed by atoms with van der Waals surface area (Å²) in [5.41, 5.74) is 1.04. The SMILES string of the molecule is CCCNc1cc(C)nc(CN2CCC(COC)CC2)n1. The summed E-state index contributed by atoms with van der Waals surface area (Å²) < 4.78 is 5.25. The van der Waals surface area contributed by atoms with Crippen LogP contribution in [0.3, 0.4) is 0 Å². The summed E-state index contributed by atoms with van der Waals surface area (Å²) in [5.74, 6) is 2.60. The maximum absolute atomic E-state index is 5.25. The van der Waals surface area contributed by atoms with Gasteiger partial charge in [-0.15, -0.1) is 0 Å². The van der Waals surface area contributed by atoms with Crippen LogP contribution >= 0.6 is 0 Å². The number of hydrogen-bond donors (Lipinski definition) is 1. The fourth-order valence-corrected chi connectivity index (χ4v) is 2.79. The zero-order valence-corrected chi connectivity index (χ0v) is 13.6. The minimum Gasteiger partial charge on any atom is -0.384 e. The molecule has 0 unspecified atom stereocenters. The Morgan fingerprint density at radius 1 is 1.33 bits per heavy atom. The summed E-state index contributed by atoms with van der Waals surface area (Å²) >= 11 is 0. The van der Waals surface area contributed by atoms with Crippen LogP contribution in [-0.2, 0) is 11.3 Å². The third kappa shape index (κ3) is 5.25. The predicted octanol–water partition coefficient (Wildman–Crippen LogP) is 2.47. The molecule has 0 radical (unpaired) electrons. The molecule has 0 saturated carbocycles. The molecule has 0 aromatic carbocycles. The minimum absolute atomic E-state index is 0.714. The first-order valence-electron chi connectivity index (χ1n) is 8.01. The van der Waals surface area contributed by atoms with Gasteiger partial charge in [0.05, 0.1) is 6.54 Å². The van der Waals surface area contributed by atoms with E-state index >= 15 is 0 Å². The summed E-state index contributed by atoms with van der Waals surface area (Å²) in [5, 5.41) is 3.35. The topological polar surface area (TPSA) is 50.3 Å². The molecule has 1 aliphatic heterocycles. The summed E-state index contributed by atoms with van der Waals surface area (Å²) in [6.45, 7) is 9.12. The van der Waals surface area contributed by atoms with Gasteiger partial charge in [0.1, 0.15) is 11.6 Å². The standard InChI is InChI=1S/C16H28N4O/c1-4-7-17-15-10-13(2)18-16(19-15)11-20-8-5-14(6-9-20)12-21-3/h10,14H,4-9,11-12H2,1-3H3,(H,17,18,19). The van der Waals surface area contributed by atoms with Crippen molar-refractivity contribution in [3.05, 3.63) is 17.6 Å². The fraction of sp³-hybridized carbons (Fsp3) is 0.750. The lowest BCUT2D eigenvalue weighted by molar-refractivity contribution is 0.0957. The average Bonchev–Trinajstić information content (AvgIpc) is 2.47.